The number of aromatic nitrogens is 1. The summed E-state index contributed by atoms with van der Waals surface area (Å²) in [6.07, 6.45) is 1.20. The quantitative estimate of drug-likeness (QED) is 0.541. The van der Waals surface area contributed by atoms with Crippen molar-refractivity contribution in [1.82, 2.24) is 20.5 Å². The molecule has 5 nitrogen and oxygen atoms in total. The molecule has 126 valence electrons. The van der Waals surface area contributed by atoms with Gasteiger partial charge in [-0.25, -0.2) is 4.98 Å². The van der Waals surface area contributed by atoms with E-state index in [1.807, 2.05) is 0 Å². The number of thiazole rings is 1. The first-order valence-electron chi connectivity index (χ1n) is 8.21. The Morgan fingerprint density at radius 3 is 2.64 bits per heavy atom. The van der Waals surface area contributed by atoms with Crippen LogP contribution in [0, 0.1) is 0 Å². The average Bonchev–Trinajstić information content (AvgIpc) is 2.98. The SMILES string of the molecule is CCCN(CC)CCNC(=NC)NCc1nc(C(C)C)cs1. The number of hydrogen-bond acceptors (Lipinski definition) is 4. The molecule has 0 aliphatic rings. The van der Waals surface area contributed by atoms with E-state index < -0.39 is 0 Å². The molecule has 0 aliphatic carbocycles. The lowest BCUT2D eigenvalue weighted by Gasteiger charge is -2.20. The number of hydrogen-bond donors (Lipinski definition) is 2. The van der Waals surface area contributed by atoms with Gasteiger partial charge in [-0.15, -0.1) is 11.3 Å². The summed E-state index contributed by atoms with van der Waals surface area (Å²) in [6.45, 7) is 13.7. The van der Waals surface area contributed by atoms with E-state index in [1.54, 1.807) is 18.4 Å². The zero-order valence-electron chi connectivity index (χ0n) is 14.6. The molecule has 0 saturated carbocycles. The standard InChI is InChI=1S/C16H31N5S/c1-6-9-21(7-2)10-8-18-16(17-5)19-11-15-20-14(12-22-15)13(3)4/h12-13H,6-11H2,1-5H3,(H2,17,18,19). The van der Waals surface area contributed by atoms with Gasteiger partial charge in [0.15, 0.2) is 5.96 Å². The molecule has 0 bridgehead atoms. The minimum atomic E-state index is 0.487. The van der Waals surface area contributed by atoms with Gasteiger partial charge in [-0.1, -0.05) is 27.7 Å². The third kappa shape index (κ3) is 6.75. The average molecular weight is 326 g/mol. The van der Waals surface area contributed by atoms with Crippen LogP contribution in [-0.4, -0.2) is 49.1 Å². The highest BCUT2D eigenvalue weighted by molar-refractivity contribution is 7.09. The van der Waals surface area contributed by atoms with Crippen LogP contribution < -0.4 is 10.6 Å². The van der Waals surface area contributed by atoms with E-state index in [4.69, 9.17) is 0 Å². The second-order valence-corrected chi connectivity index (χ2v) is 6.55. The van der Waals surface area contributed by atoms with Gasteiger partial charge in [-0.2, -0.15) is 0 Å². The van der Waals surface area contributed by atoms with Gasteiger partial charge < -0.3 is 15.5 Å². The Hall–Kier alpha value is -1.14. The summed E-state index contributed by atoms with van der Waals surface area (Å²) in [5, 5.41) is 9.94. The van der Waals surface area contributed by atoms with Crippen LogP contribution >= 0.6 is 11.3 Å². The van der Waals surface area contributed by atoms with Crippen molar-refractivity contribution in [3.05, 3.63) is 16.1 Å². The van der Waals surface area contributed by atoms with Crippen molar-refractivity contribution < 1.29 is 0 Å². The van der Waals surface area contributed by atoms with Crippen LogP contribution in [0.2, 0.25) is 0 Å². The molecule has 0 atom stereocenters. The lowest BCUT2D eigenvalue weighted by molar-refractivity contribution is 0.293. The fraction of sp³-hybridized carbons (Fsp3) is 0.750. The molecule has 1 aromatic heterocycles. The second kappa shape index (κ2) is 10.6. The fourth-order valence-corrected chi connectivity index (χ4v) is 3.02. The number of guanidine groups is 1. The van der Waals surface area contributed by atoms with Crippen molar-refractivity contribution >= 4 is 17.3 Å². The molecule has 0 amide bonds. The van der Waals surface area contributed by atoms with E-state index in [-0.39, 0.29) is 0 Å². The van der Waals surface area contributed by atoms with E-state index in [2.05, 4.69) is 58.6 Å². The first-order chi connectivity index (χ1) is 10.6. The Kier molecular flexibility index (Phi) is 9.08. The molecule has 0 saturated heterocycles. The first-order valence-corrected chi connectivity index (χ1v) is 9.09. The molecule has 1 rings (SSSR count). The van der Waals surface area contributed by atoms with Gasteiger partial charge in [-0.05, 0) is 25.4 Å². The highest BCUT2D eigenvalue weighted by Gasteiger charge is 2.06. The van der Waals surface area contributed by atoms with Gasteiger partial charge in [0.1, 0.15) is 5.01 Å². The van der Waals surface area contributed by atoms with Crippen molar-refractivity contribution in [1.29, 1.82) is 0 Å². The molecule has 6 heteroatoms. The van der Waals surface area contributed by atoms with Crippen LogP contribution in [0.25, 0.3) is 0 Å². The highest BCUT2D eigenvalue weighted by atomic mass is 32.1. The molecule has 0 fully saturated rings. The molecule has 0 aromatic carbocycles. The summed E-state index contributed by atoms with van der Waals surface area (Å²) >= 11 is 1.70. The third-order valence-electron chi connectivity index (χ3n) is 3.50. The Morgan fingerprint density at radius 1 is 1.32 bits per heavy atom. The van der Waals surface area contributed by atoms with Crippen LogP contribution in [0.5, 0.6) is 0 Å². The van der Waals surface area contributed by atoms with Crippen molar-refractivity contribution in [2.45, 2.75) is 46.6 Å². The molecule has 0 spiro atoms. The lowest BCUT2D eigenvalue weighted by atomic mass is 10.2. The predicted molar refractivity (Wildman–Crippen MR) is 96.8 cm³/mol. The van der Waals surface area contributed by atoms with Crippen LogP contribution in [0.15, 0.2) is 10.4 Å². The Balaban J connectivity index is 2.33. The van der Waals surface area contributed by atoms with Crippen LogP contribution in [0.4, 0.5) is 0 Å². The third-order valence-corrected chi connectivity index (χ3v) is 4.37. The van der Waals surface area contributed by atoms with Crippen molar-refractivity contribution in [3.8, 4) is 0 Å². The van der Waals surface area contributed by atoms with E-state index in [0.29, 0.717) is 5.92 Å². The largest absolute Gasteiger partial charge is 0.355 e. The highest BCUT2D eigenvalue weighted by Crippen LogP contribution is 2.17. The van der Waals surface area contributed by atoms with Gasteiger partial charge in [0, 0.05) is 25.5 Å². The topological polar surface area (TPSA) is 52.5 Å². The zero-order valence-corrected chi connectivity index (χ0v) is 15.5. The second-order valence-electron chi connectivity index (χ2n) is 5.61. The maximum Gasteiger partial charge on any atom is 0.191 e. The maximum atomic E-state index is 4.63. The molecular weight excluding hydrogens is 294 g/mol. The molecule has 0 radical (unpaired) electrons. The zero-order chi connectivity index (χ0) is 16.4. The molecule has 1 heterocycles. The van der Waals surface area contributed by atoms with Gasteiger partial charge in [0.2, 0.25) is 0 Å². The smallest absolute Gasteiger partial charge is 0.191 e. The summed E-state index contributed by atoms with van der Waals surface area (Å²) < 4.78 is 0. The lowest BCUT2D eigenvalue weighted by Crippen LogP contribution is -2.41. The van der Waals surface area contributed by atoms with Crippen molar-refractivity contribution in [3.63, 3.8) is 0 Å². The molecule has 2 N–H and O–H groups in total. The van der Waals surface area contributed by atoms with E-state index in [1.165, 1.54) is 12.1 Å². The normalized spacial score (nSPS) is 12.2. The fourth-order valence-electron chi connectivity index (χ4n) is 2.13. The monoisotopic (exact) mass is 325 g/mol. The summed E-state index contributed by atoms with van der Waals surface area (Å²) in [5.41, 5.74) is 1.17. The minimum Gasteiger partial charge on any atom is -0.355 e. The van der Waals surface area contributed by atoms with E-state index in [9.17, 15) is 0 Å². The van der Waals surface area contributed by atoms with Gasteiger partial charge in [0.25, 0.3) is 0 Å². The van der Waals surface area contributed by atoms with E-state index in [0.717, 1.165) is 43.7 Å². The Bertz CT molecular complexity index is 441. The molecule has 0 aliphatic heterocycles. The van der Waals surface area contributed by atoms with Gasteiger partial charge >= 0.3 is 0 Å². The van der Waals surface area contributed by atoms with E-state index >= 15 is 0 Å². The number of rotatable bonds is 9. The summed E-state index contributed by atoms with van der Waals surface area (Å²) in [6, 6.07) is 0. The summed E-state index contributed by atoms with van der Waals surface area (Å²) in [7, 11) is 1.81. The van der Waals surface area contributed by atoms with Gasteiger partial charge in [-0.3, -0.25) is 4.99 Å². The number of likely N-dealkylation sites (N-methyl/N-ethyl adjacent to an activating group) is 1. The molecule has 0 unspecified atom stereocenters. The van der Waals surface area contributed by atoms with Crippen LogP contribution in [0.3, 0.4) is 0 Å². The summed E-state index contributed by atoms with van der Waals surface area (Å²) in [5.74, 6) is 1.33. The van der Waals surface area contributed by atoms with Crippen LogP contribution in [0.1, 0.15) is 50.7 Å². The molecule has 22 heavy (non-hydrogen) atoms. The van der Waals surface area contributed by atoms with Crippen LogP contribution in [-0.2, 0) is 6.54 Å². The summed E-state index contributed by atoms with van der Waals surface area (Å²) in [4.78, 5) is 11.3. The maximum absolute atomic E-state index is 4.63. The number of aliphatic imine (C=N–C) groups is 1. The van der Waals surface area contributed by atoms with Crippen molar-refractivity contribution in [2.24, 2.45) is 4.99 Å². The molecule has 1 aromatic rings. The molecular formula is C16H31N5S. The minimum absolute atomic E-state index is 0.487. The number of nitrogens with zero attached hydrogens (tertiary/aromatic N) is 3. The number of nitrogens with one attached hydrogen (secondary N) is 2. The Morgan fingerprint density at radius 2 is 2.09 bits per heavy atom. The van der Waals surface area contributed by atoms with Crippen molar-refractivity contribution in [2.75, 3.05) is 33.2 Å². The predicted octanol–water partition coefficient (Wildman–Crippen LogP) is 2.66. The first kappa shape index (κ1) is 18.9. The Labute approximate surface area is 139 Å². The van der Waals surface area contributed by atoms with Gasteiger partial charge in [0.05, 0.1) is 12.2 Å².